The Bertz CT molecular complexity index is 593. The van der Waals surface area contributed by atoms with Crippen LogP contribution in [0.25, 0.3) is 0 Å². The third-order valence-corrected chi connectivity index (χ3v) is 4.93. The fourth-order valence-electron chi connectivity index (χ4n) is 2.25. The zero-order valence-corrected chi connectivity index (χ0v) is 13.9. The summed E-state index contributed by atoms with van der Waals surface area (Å²) in [5, 5.41) is 5.56. The Kier molecular flexibility index (Phi) is 4.95. The average molecular weight is 318 g/mol. The number of nitrogens with zero attached hydrogens (tertiary/aromatic N) is 1. The number of hydrogen-bond donors (Lipinski definition) is 1. The maximum absolute atomic E-state index is 5.65. The predicted molar refractivity (Wildman–Crippen MR) is 88.6 cm³/mol. The minimum Gasteiger partial charge on any atom is -0.496 e. The summed E-state index contributed by atoms with van der Waals surface area (Å²) >= 11 is 1.71. The van der Waals surface area contributed by atoms with E-state index in [1.165, 1.54) is 17.7 Å². The summed E-state index contributed by atoms with van der Waals surface area (Å²) in [5.74, 6) is 2.43. The lowest BCUT2D eigenvalue weighted by Gasteiger charge is -2.14. The molecule has 1 unspecified atom stereocenters. The van der Waals surface area contributed by atoms with Crippen LogP contribution < -0.4 is 14.8 Å². The van der Waals surface area contributed by atoms with Crippen molar-refractivity contribution >= 4 is 11.3 Å². The van der Waals surface area contributed by atoms with E-state index in [0.717, 1.165) is 36.3 Å². The van der Waals surface area contributed by atoms with Crippen molar-refractivity contribution in [3.05, 3.63) is 40.2 Å². The molecule has 0 aromatic carbocycles. The van der Waals surface area contributed by atoms with E-state index in [2.05, 4.69) is 28.7 Å². The third kappa shape index (κ3) is 3.99. The summed E-state index contributed by atoms with van der Waals surface area (Å²) in [6, 6.07) is 6.28. The summed E-state index contributed by atoms with van der Waals surface area (Å²) in [6.45, 7) is 3.73. The van der Waals surface area contributed by atoms with Gasteiger partial charge in [-0.05, 0) is 42.7 Å². The van der Waals surface area contributed by atoms with Crippen molar-refractivity contribution in [2.24, 2.45) is 5.92 Å². The molecule has 1 atom stereocenters. The van der Waals surface area contributed by atoms with Crippen LogP contribution in [0.3, 0.4) is 0 Å². The van der Waals surface area contributed by atoms with E-state index in [-0.39, 0.29) is 6.04 Å². The number of aromatic nitrogens is 1. The first-order valence-corrected chi connectivity index (χ1v) is 8.56. The Labute approximate surface area is 135 Å². The van der Waals surface area contributed by atoms with Crippen LogP contribution >= 0.6 is 11.3 Å². The summed E-state index contributed by atoms with van der Waals surface area (Å²) in [7, 11) is 1.71. The first-order chi connectivity index (χ1) is 10.8. The van der Waals surface area contributed by atoms with E-state index in [4.69, 9.17) is 9.47 Å². The van der Waals surface area contributed by atoms with Crippen molar-refractivity contribution in [3.63, 3.8) is 0 Å². The molecule has 1 saturated carbocycles. The lowest BCUT2D eigenvalue weighted by atomic mass is 10.2. The van der Waals surface area contributed by atoms with E-state index in [1.54, 1.807) is 18.4 Å². The number of nitrogens with one attached hydrogen (secondary N) is 1. The molecule has 2 aromatic heterocycles. The van der Waals surface area contributed by atoms with Gasteiger partial charge < -0.3 is 14.8 Å². The van der Waals surface area contributed by atoms with Gasteiger partial charge in [-0.2, -0.15) is 0 Å². The Morgan fingerprint density at radius 3 is 2.91 bits per heavy atom. The summed E-state index contributed by atoms with van der Waals surface area (Å²) in [6.07, 6.45) is 4.48. The van der Waals surface area contributed by atoms with E-state index in [9.17, 15) is 0 Å². The van der Waals surface area contributed by atoms with Crippen LogP contribution in [0.15, 0.2) is 29.8 Å². The van der Waals surface area contributed by atoms with Gasteiger partial charge in [0.2, 0.25) is 5.88 Å². The van der Waals surface area contributed by atoms with Gasteiger partial charge in [0, 0.05) is 24.8 Å². The molecule has 0 amide bonds. The van der Waals surface area contributed by atoms with Crippen molar-refractivity contribution in [2.45, 2.75) is 32.4 Å². The Morgan fingerprint density at radius 1 is 1.36 bits per heavy atom. The number of thiophene rings is 1. The third-order valence-electron chi connectivity index (χ3n) is 3.84. The highest BCUT2D eigenvalue weighted by atomic mass is 32.1. The largest absolute Gasteiger partial charge is 0.496 e. The monoisotopic (exact) mass is 318 g/mol. The summed E-state index contributed by atoms with van der Waals surface area (Å²) < 4.78 is 11.0. The van der Waals surface area contributed by atoms with Crippen LogP contribution in [0, 0.1) is 5.92 Å². The molecular formula is C17H22N2O2S. The molecule has 2 heterocycles. The zero-order valence-electron chi connectivity index (χ0n) is 13.0. The van der Waals surface area contributed by atoms with Gasteiger partial charge in [0.05, 0.1) is 18.6 Å². The second-order valence-corrected chi connectivity index (χ2v) is 6.66. The standard InChI is InChI=1S/C17H22N2O2S/c1-12(17-15(20-2)7-8-22-17)18-9-14-5-6-16(19-10-14)21-11-13-3-4-13/h5-8,10,12-13,18H,3-4,9,11H2,1-2H3. The van der Waals surface area contributed by atoms with Crippen molar-refractivity contribution in [3.8, 4) is 11.6 Å². The van der Waals surface area contributed by atoms with E-state index in [1.807, 2.05) is 18.3 Å². The van der Waals surface area contributed by atoms with Gasteiger partial charge in [0.15, 0.2) is 0 Å². The van der Waals surface area contributed by atoms with Crippen LogP contribution in [-0.4, -0.2) is 18.7 Å². The maximum atomic E-state index is 5.65. The van der Waals surface area contributed by atoms with Crippen molar-refractivity contribution in [2.75, 3.05) is 13.7 Å². The molecule has 0 bridgehead atoms. The number of rotatable bonds is 8. The second kappa shape index (κ2) is 7.11. The molecule has 1 fully saturated rings. The Balaban J connectivity index is 1.50. The smallest absolute Gasteiger partial charge is 0.213 e. The molecule has 1 aliphatic rings. The van der Waals surface area contributed by atoms with Gasteiger partial charge in [-0.15, -0.1) is 11.3 Å². The number of methoxy groups -OCH3 is 1. The van der Waals surface area contributed by atoms with Crippen LogP contribution in [-0.2, 0) is 6.54 Å². The van der Waals surface area contributed by atoms with Gasteiger partial charge in [0.25, 0.3) is 0 Å². The lowest BCUT2D eigenvalue weighted by molar-refractivity contribution is 0.288. The van der Waals surface area contributed by atoms with Crippen LogP contribution in [0.1, 0.15) is 36.2 Å². The Morgan fingerprint density at radius 2 is 2.23 bits per heavy atom. The van der Waals surface area contributed by atoms with Gasteiger partial charge in [-0.25, -0.2) is 4.98 Å². The highest BCUT2D eigenvalue weighted by Crippen LogP contribution is 2.31. The minimum absolute atomic E-state index is 0.251. The normalized spacial score (nSPS) is 15.5. The van der Waals surface area contributed by atoms with Crippen LogP contribution in [0.5, 0.6) is 11.6 Å². The molecule has 1 N–H and O–H groups in total. The zero-order chi connectivity index (χ0) is 15.4. The predicted octanol–water partition coefficient (Wildman–Crippen LogP) is 3.79. The number of ether oxygens (including phenoxy) is 2. The van der Waals surface area contributed by atoms with Gasteiger partial charge in [0.1, 0.15) is 5.75 Å². The van der Waals surface area contributed by atoms with E-state index >= 15 is 0 Å². The van der Waals surface area contributed by atoms with Crippen molar-refractivity contribution < 1.29 is 9.47 Å². The minimum atomic E-state index is 0.251. The van der Waals surface area contributed by atoms with Gasteiger partial charge >= 0.3 is 0 Å². The van der Waals surface area contributed by atoms with Gasteiger partial charge in [-0.1, -0.05) is 6.07 Å². The molecule has 0 spiro atoms. The number of hydrogen-bond acceptors (Lipinski definition) is 5. The Hall–Kier alpha value is -1.59. The molecular weight excluding hydrogens is 296 g/mol. The summed E-state index contributed by atoms with van der Waals surface area (Å²) in [5.41, 5.74) is 1.15. The fraction of sp³-hybridized carbons (Fsp3) is 0.471. The van der Waals surface area contributed by atoms with E-state index < -0.39 is 0 Å². The highest BCUT2D eigenvalue weighted by Gasteiger charge is 2.22. The maximum Gasteiger partial charge on any atom is 0.213 e. The first-order valence-electron chi connectivity index (χ1n) is 7.68. The van der Waals surface area contributed by atoms with Crippen molar-refractivity contribution in [1.29, 1.82) is 0 Å². The van der Waals surface area contributed by atoms with Crippen LogP contribution in [0.4, 0.5) is 0 Å². The molecule has 0 radical (unpaired) electrons. The molecule has 0 aliphatic heterocycles. The fourth-order valence-corrected chi connectivity index (χ4v) is 3.14. The second-order valence-electron chi connectivity index (χ2n) is 5.71. The van der Waals surface area contributed by atoms with E-state index in [0.29, 0.717) is 0 Å². The summed E-state index contributed by atoms with van der Waals surface area (Å²) in [4.78, 5) is 5.59. The molecule has 3 rings (SSSR count). The van der Waals surface area contributed by atoms with Crippen LogP contribution in [0.2, 0.25) is 0 Å². The molecule has 1 aliphatic carbocycles. The SMILES string of the molecule is COc1ccsc1C(C)NCc1ccc(OCC2CC2)nc1. The molecule has 22 heavy (non-hydrogen) atoms. The van der Waals surface area contributed by atoms with Crippen molar-refractivity contribution in [1.82, 2.24) is 10.3 Å². The molecule has 2 aromatic rings. The first kappa shape index (κ1) is 15.3. The molecule has 0 saturated heterocycles. The highest BCUT2D eigenvalue weighted by molar-refractivity contribution is 7.10. The number of pyridine rings is 1. The molecule has 5 heteroatoms. The molecule has 118 valence electrons. The topological polar surface area (TPSA) is 43.4 Å². The average Bonchev–Trinajstić information content (AvgIpc) is 3.26. The molecule has 4 nitrogen and oxygen atoms in total. The lowest BCUT2D eigenvalue weighted by Crippen LogP contribution is -2.17. The van der Waals surface area contributed by atoms with Gasteiger partial charge in [-0.3, -0.25) is 0 Å². The quantitative estimate of drug-likeness (QED) is 0.804.